The molecule has 2 fully saturated rings. The van der Waals surface area contributed by atoms with Crippen LogP contribution in [0.3, 0.4) is 0 Å². The van der Waals surface area contributed by atoms with Gasteiger partial charge in [0.05, 0.1) is 10.6 Å². The summed E-state index contributed by atoms with van der Waals surface area (Å²) in [5.74, 6) is -0.418. The zero-order valence-corrected chi connectivity index (χ0v) is 23.0. The van der Waals surface area contributed by atoms with Crippen LogP contribution in [-0.4, -0.2) is 33.6 Å². The molecule has 0 spiro atoms. The molecule has 36 heavy (non-hydrogen) atoms. The predicted molar refractivity (Wildman–Crippen MR) is 141 cm³/mol. The van der Waals surface area contributed by atoms with E-state index in [0.717, 1.165) is 19.3 Å². The lowest BCUT2D eigenvalue weighted by atomic mass is 9.78. The molecule has 0 unspecified atom stereocenters. The fourth-order valence-electron chi connectivity index (χ4n) is 5.25. The standard InChI is InChI=1S/C28H35ClFNO4S/c1-19(20-6-5-7-20)31(26(32)27(2,3)4)25-13-8-21(18-24(25)30)28(14-16-35-17-15-28)36(33,34)23-11-9-22(29)10-12-23/h8-13,18-20H,5-7,14-17H2,1-4H3/t19-/m1/s1. The van der Waals surface area contributed by atoms with Gasteiger partial charge >= 0.3 is 0 Å². The summed E-state index contributed by atoms with van der Waals surface area (Å²) in [4.78, 5) is 15.2. The molecule has 5 nitrogen and oxygen atoms in total. The topological polar surface area (TPSA) is 63.7 Å². The van der Waals surface area contributed by atoms with Gasteiger partial charge in [0.2, 0.25) is 5.91 Å². The van der Waals surface area contributed by atoms with E-state index in [0.29, 0.717) is 16.5 Å². The number of amides is 1. The van der Waals surface area contributed by atoms with Crippen molar-refractivity contribution in [3.8, 4) is 0 Å². The third-order valence-corrected chi connectivity index (χ3v) is 10.6. The van der Waals surface area contributed by atoms with Crippen LogP contribution < -0.4 is 4.90 Å². The first kappa shape index (κ1) is 27.1. The first-order valence-corrected chi connectivity index (χ1v) is 14.5. The molecule has 0 bridgehead atoms. The van der Waals surface area contributed by atoms with Gasteiger partial charge in [-0.1, -0.05) is 44.9 Å². The first-order chi connectivity index (χ1) is 16.9. The third-order valence-electron chi connectivity index (χ3n) is 7.77. The van der Waals surface area contributed by atoms with Gasteiger partial charge < -0.3 is 9.64 Å². The Hall–Kier alpha value is -1.96. The van der Waals surface area contributed by atoms with Crippen LogP contribution in [0, 0.1) is 17.2 Å². The van der Waals surface area contributed by atoms with Crippen molar-refractivity contribution in [3.63, 3.8) is 0 Å². The number of carbonyl (C=O) groups excluding carboxylic acids is 1. The summed E-state index contributed by atoms with van der Waals surface area (Å²) < 4.78 is 48.0. The monoisotopic (exact) mass is 535 g/mol. The van der Waals surface area contributed by atoms with Crippen LogP contribution in [0.5, 0.6) is 0 Å². The molecule has 1 saturated heterocycles. The number of benzene rings is 2. The predicted octanol–water partition coefficient (Wildman–Crippen LogP) is 6.53. The van der Waals surface area contributed by atoms with Crippen molar-refractivity contribution in [1.29, 1.82) is 0 Å². The second-order valence-corrected chi connectivity index (χ2v) is 13.8. The number of carbonyl (C=O) groups is 1. The Bertz CT molecular complexity index is 1210. The zero-order chi connectivity index (χ0) is 26.3. The number of nitrogens with zero attached hydrogens (tertiary/aromatic N) is 1. The van der Waals surface area contributed by atoms with Crippen LogP contribution in [-0.2, 0) is 24.1 Å². The Morgan fingerprint density at radius 3 is 2.22 bits per heavy atom. The highest BCUT2D eigenvalue weighted by molar-refractivity contribution is 7.92. The van der Waals surface area contributed by atoms with E-state index in [9.17, 15) is 13.2 Å². The van der Waals surface area contributed by atoms with Gasteiger partial charge in [0, 0.05) is 29.7 Å². The summed E-state index contributed by atoms with van der Waals surface area (Å²) in [7, 11) is -3.89. The second-order valence-electron chi connectivity index (χ2n) is 11.1. The molecule has 0 N–H and O–H groups in total. The average molecular weight is 536 g/mol. The Kier molecular flexibility index (Phi) is 7.58. The Balaban J connectivity index is 1.80. The van der Waals surface area contributed by atoms with Crippen LogP contribution in [0.25, 0.3) is 0 Å². The quantitative estimate of drug-likeness (QED) is 0.422. The Morgan fingerprint density at radius 1 is 1.11 bits per heavy atom. The summed E-state index contributed by atoms with van der Waals surface area (Å²) >= 11 is 5.99. The smallest absolute Gasteiger partial charge is 0.232 e. The van der Waals surface area contributed by atoms with Gasteiger partial charge in [0.1, 0.15) is 10.6 Å². The average Bonchev–Trinajstić information content (AvgIpc) is 2.79. The molecule has 2 aromatic carbocycles. The lowest BCUT2D eigenvalue weighted by Gasteiger charge is -2.42. The van der Waals surface area contributed by atoms with Crippen molar-refractivity contribution in [2.24, 2.45) is 11.3 Å². The fourth-order valence-corrected chi connectivity index (χ4v) is 7.46. The van der Waals surface area contributed by atoms with Crippen molar-refractivity contribution < 1.29 is 22.3 Å². The number of anilines is 1. The lowest BCUT2D eigenvalue weighted by Crippen LogP contribution is -2.49. The van der Waals surface area contributed by atoms with Crippen molar-refractivity contribution in [2.75, 3.05) is 18.1 Å². The summed E-state index contributed by atoms with van der Waals surface area (Å²) in [6, 6.07) is 10.5. The van der Waals surface area contributed by atoms with Crippen molar-refractivity contribution in [2.45, 2.75) is 75.5 Å². The minimum absolute atomic E-state index is 0.140. The van der Waals surface area contributed by atoms with Gasteiger partial charge in [0.25, 0.3) is 0 Å². The largest absolute Gasteiger partial charge is 0.381 e. The third kappa shape index (κ3) is 4.82. The fraction of sp³-hybridized carbons (Fsp3) is 0.536. The maximum absolute atomic E-state index is 15.9. The van der Waals surface area contributed by atoms with E-state index in [2.05, 4.69) is 0 Å². The molecule has 196 valence electrons. The number of hydrogen-bond donors (Lipinski definition) is 0. The highest BCUT2D eigenvalue weighted by Gasteiger charge is 2.48. The molecule has 1 atom stereocenters. The second kappa shape index (κ2) is 10.1. The highest BCUT2D eigenvalue weighted by Crippen LogP contribution is 2.45. The van der Waals surface area contributed by atoms with E-state index < -0.39 is 25.8 Å². The Morgan fingerprint density at radius 2 is 1.72 bits per heavy atom. The van der Waals surface area contributed by atoms with E-state index in [1.54, 1.807) is 29.2 Å². The molecular weight excluding hydrogens is 501 g/mol. The van der Waals surface area contributed by atoms with E-state index in [1.807, 2.05) is 27.7 Å². The molecule has 1 heterocycles. The summed E-state index contributed by atoms with van der Waals surface area (Å²) in [5, 5.41) is 0.439. The Labute approximate surface area is 218 Å². The minimum Gasteiger partial charge on any atom is -0.381 e. The zero-order valence-electron chi connectivity index (χ0n) is 21.4. The molecule has 1 aliphatic carbocycles. The molecule has 0 aromatic heterocycles. The molecule has 4 rings (SSSR count). The van der Waals surface area contributed by atoms with Gasteiger partial charge in [-0.2, -0.15) is 0 Å². The van der Waals surface area contributed by atoms with Gasteiger partial charge in [0.15, 0.2) is 9.84 Å². The number of halogens is 2. The van der Waals surface area contributed by atoms with Gasteiger partial charge in [-0.25, -0.2) is 12.8 Å². The van der Waals surface area contributed by atoms with Gasteiger partial charge in [-0.05, 0) is 80.5 Å². The number of hydrogen-bond acceptors (Lipinski definition) is 4. The normalized spacial score (nSPS) is 19.4. The van der Waals surface area contributed by atoms with Crippen molar-refractivity contribution in [3.05, 3.63) is 58.9 Å². The number of rotatable bonds is 6. The van der Waals surface area contributed by atoms with E-state index in [1.165, 1.54) is 18.2 Å². The molecule has 0 radical (unpaired) electrons. The summed E-state index contributed by atoms with van der Waals surface area (Å²) in [6.45, 7) is 7.98. The molecule has 2 aromatic rings. The number of ether oxygens (including phenoxy) is 1. The molecule has 1 aliphatic heterocycles. The SMILES string of the molecule is C[C@H](C1CCC1)N(C(=O)C(C)(C)C)c1ccc(C2(S(=O)(=O)c3ccc(Cl)cc3)CCOCC2)cc1F. The highest BCUT2D eigenvalue weighted by atomic mass is 35.5. The molecular formula is C28H35ClFNO4S. The van der Waals surface area contributed by atoms with E-state index >= 15 is 4.39 Å². The summed E-state index contributed by atoms with van der Waals surface area (Å²) in [5.41, 5.74) is -0.117. The van der Waals surface area contributed by atoms with Crippen LogP contribution in [0.4, 0.5) is 10.1 Å². The van der Waals surface area contributed by atoms with E-state index in [4.69, 9.17) is 16.3 Å². The number of sulfone groups is 1. The lowest BCUT2D eigenvalue weighted by molar-refractivity contribution is -0.126. The molecule has 1 amide bonds. The molecule has 2 aliphatic rings. The minimum atomic E-state index is -3.89. The van der Waals surface area contributed by atoms with Crippen molar-refractivity contribution in [1.82, 2.24) is 0 Å². The van der Waals surface area contributed by atoms with Gasteiger partial charge in [-0.15, -0.1) is 0 Å². The van der Waals surface area contributed by atoms with Gasteiger partial charge in [-0.3, -0.25) is 4.79 Å². The first-order valence-electron chi connectivity index (χ1n) is 12.6. The van der Waals surface area contributed by atoms with E-state index in [-0.39, 0.29) is 48.6 Å². The van der Waals surface area contributed by atoms with Crippen LogP contribution in [0.15, 0.2) is 47.4 Å². The summed E-state index contributed by atoms with van der Waals surface area (Å²) in [6.07, 6.45) is 3.55. The van der Waals surface area contributed by atoms with Crippen LogP contribution in [0.1, 0.15) is 65.4 Å². The molecule has 1 saturated carbocycles. The van der Waals surface area contributed by atoms with Crippen LogP contribution >= 0.6 is 11.6 Å². The maximum Gasteiger partial charge on any atom is 0.232 e. The van der Waals surface area contributed by atoms with Crippen LogP contribution in [0.2, 0.25) is 5.02 Å². The maximum atomic E-state index is 15.9. The van der Waals surface area contributed by atoms with Crippen molar-refractivity contribution >= 4 is 33.0 Å². The molecule has 8 heteroatoms.